The van der Waals surface area contributed by atoms with Crippen molar-refractivity contribution in [1.29, 1.82) is 0 Å². The first-order chi connectivity index (χ1) is 9.47. The summed E-state index contributed by atoms with van der Waals surface area (Å²) in [5.74, 6) is 1.57. The highest BCUT2D eigenvalue weighted by Crippen LogP contribution is 2.30. The Bertz CT molecular complexity index is 291. The first-order valence-corrected chi connectivity index (χ1v) is 8.39. The molecule has 3 unspecified atom stereocenters. The van der Waals surface area contributed by atoms with Gasteiger partial charge in [0.05, 0.1) is 0 Å². The molecule has 0 saturated heterocycles. The average Bonchev–Trinajstić information content (AvgIpc) is 2.38. The van der Waals surface area contributed by atoms with Gasteiger partial charge in [-0.15, -0.1) is 0 Å². The summed E-state index contributed by atoms with van der Waals surface area (Å²) in [4.78, 5) is 16.9. The monoisotopic (exact) mass is 282 g/mol. The highest BCUT2D eigenvalue weighted by atomic mass is 16.1. The second-order valence-corrected chi connectivity index (χ2v) is 6.79. The number of carbonyl (C=O) groups is 1. The zero-order valence-corrected chi connectivity index (χ0v) is 14.2. The van der Waals surface area contributed by atoms with Crippen LogP contribution in [0.15, 0.2) is 0 Å². The summed E-state index contributed by atoms with van der Waals surface area (Å²) >= 11 is 0. The Labute approximate surface area is 125 Å². The molecule has 20 heavy (non-hydrogen) atoms. The minimum Gasteiger partial charge on any atom is -0.308 e. The van der Waals surface area contributed by atoms with Crippen LogP contribution >= 0.6 is 0 Å². The van der Waals surface area contributed by atoms with Gasteiger partial charge in [-0.25, -0.2) is 0 Å². The molecule has 0 aromatic carbocycles. The van der Waals surface area contributed by atoms with Gasteiger partial charge in [-0.3, -0.25) is 9.69 Å². The molecule has 0 aromatic rings. The summed E-state index contributed by atoms with van der Waals surface area (Å²) in [5.41, 5.74) is 0. The molecule has 1 fully saturated rings. The zero-order valence-electron chi connectivity index (χ0n) is 14.2. The molecule has 0 aromatic heterocycles. The fourth-order valence-corrected chi connectivity index (χ4v) is 3.60. The molecule has 0 radical (unpaired) electrons. The number of hydrogen-bond acceptors (Lipinski definition) is 3. The van der Waals surface area contributed by atoms with Crippen molar-refractivity contribution in [2.24, 2.45) is 11.8 Å². The third-order valence-corrected chi connectivity index (χ3v) is 4.68. The van der Waals surface area contributed by atoms with E-state index >= 15 is 0 Å². The van der Waals surface area contributed by atoms with Crippen molar-refractivity contribution in [2.45, 2.75) is 58.9 Å². The molecule has 0 heterocycles. The lowest BCUT2D eigenvalue weighted by molar-refractivity contribution is -0.126. The topological polar surface area (TPSA) is 23.6 Å². The predicted molar refractivity (Wildman–Crippen MR) is 86.0 cm³/mol. The largest absolute Gasteiger partial charge is 0.308 e. The lowest BCUT2D eigenvalue weighted by Crippen LogP contribution is -2.44. The van der Waals surface area contributed by atoms with Crippen LogP contribution in [0.1, 0.15) is 52.9 Å². The Morgan fingerprint density at radius 2 is 2.00 bits per heavy atom. The van der Waals surface area contributed by atoms with Crippen LogP contribution < -0.4 is 0 Å². The first kappa shape index (κ1) is 17.6. The number of rotatable bonds is 8. The highest BCUT2D eigenvalue weighted by Gasteiger charge is 2.30. The lowest BCUT2D eigenvalue weighted by Gasteiger charge is -2.35. The maximum absolute atomic E-state index is 12.2. The Morgan fingerprint density at radius 1 is 1.30 bits per heavy atom. The van der Waals surface area contributed by atoms with Gasteiger partial charge in [0.15, 0.2) is 0 Å². The number of hydrogen-bond donors (Lipinski definition) is 0. The summed E-state index contributed by atoms with van der Waals surface area (Å²) in [6, 6.07) is 0.523. The molecule has 3 nitrogen and oxygen atoms in total. The van der Waals surface area contributed by atoms with Gasteiger partial charge in [-0.1, -0.05) is 26.7 Å². The summed E-state index contributed by atoms with van der Waals surface area (Å²) in [7, 11) is 4.24. The third kappa shape index (κ3) is 5.53. The van der Waals surface area contributed by atoms with Gasteiger partial charge >= 0.3 is 0 Å². The molecule has 118 valence electrons. The summed E-state index contributed by atoms with van der Waals surface area (Å²) in [5, 5.41) is 0. The van der Waals surface area contributed by atoms with Gasteiger partial charge in [-0.2, -0.15) is 0 Å². The minimum absolute atomic E-state index is 0.282. The minimum atomic E-state index is 0.282. The standard InChI is InChI=1S/C17H34N2O/c1-6-8-15-9-10-17(20)16(11-15)13-19(7-2)14(3)12-18(4)5/h14-16H,6-13H2,1-5H3. The van der Waals surface area contributed by atoms with Gasteiger partial charge in [0, 0.05) is 31.5 Å². The molecule has 0 aliphatic heterocycles. The van der Waals surface area contributed by atoms with E-state index in [-0.39, 0.29) is 5.92 Å². The van der Waals surface area contributed by atoms with Crippen molar-refractivity contribution in [3.63, 3.8) is 0 Å². The fourth-order valence-electron chi connectivity index (χ4n) is 3.60. The van der Waals surface area contributed by atoms with Gasteiger partial charge in [-0.05, 0) is 46.3 Å². The van der Waals surface area contributed by atoms with Crippen LogP contribution in [-0.2, 0) is 4.79 Å². The van der Waals surface area contributed by atoms with E-state index in [9.17, 15) is 4.79 Å². The number of ketones is 1. The van der Waals surface area contributed by atoms with Gasteiger partial charge in [0.1, 0.15) is 5.78 Å². The van der Waals surface area contributed by atoms with E-state index in [1.54, 1.807) is 0 Å². The second-order valence-electron chi connectivity index (χ2n) is 6.79. The Kier molecular flexibility index (Phi) is 7.75. The van der Waals surface area contributed by atoms with Crippen LogP contribution in [0.2, 0.25) is 0 Å². The Hall–Kier alpha value is -0.410. The predicted octanol–water partition coefficient (Wildman–Crippen LogP) is 3.04. The van der Waals surface area contributed by atoms with Crippen molar-refractivity contribution >= 4 is 5.78 Å². The molecule has 0 bridgehead atoms. The molecular formula is C17H34N2O. The molecule has 1 aliphatic rings. The molecule has 0 amide bonds. The maximum Gasteiger partial charge on any atom is 0.137 e. The van der Waals surface area contributed by atoms with E-state index in [1.807, 2.05) is 0 Å². The van der Waals surface area contributed by atoms with E-state index in [4.69, 9.17) is 0 Å². The van der Waals surface area contributed by atoms with E-state index < -0.39 is 0 Å². The summed E-state index contributed by atoms with van der Waals surface area (Å²) in [6.07, 6.45) is 5.61. The Morgan fingerprint density at radius 3 is 2.55 bits per heavy atom. The molecule has 1 aliphatic carbocycles. The van der Waals surface area contributed by atoms with Crippen molar-refractivity contribution < 1.29 is 4.79 Å². The zero-order chi connectivity index (χ0) is 15.1. The Balaban J connectivity index is 2.55. The van der Waals surface area contributed by atoms with Crippen molar-refractivity contribution in [2.75, 3.05) is 33.7 Å². The van der Waals surface area contributed by atoms with E-state index in [1.165, 1.54) is 12.8 Å². The molecule has 1 saturated carbocycles. The van der Waals surface area contributed by atoms with E-state index in [0.717, 1.165) is 44.8 Å². The normalized spacial score (nSPS) is 25.4. The molecular weight excluding hydrogens is 248 g/mol. The fraction of sp³-hybridized carbons (Fsp3) is 0.941. The average molecular weight is 282 g/mol. The van der Waals surface area contributed by atoms with Crippen LogP contribution in [0.4, 0.5) is 0 Å². The van der Waals surface area contributed by atoms with Crippen molar-refractivity contribution in [1.82, 2.24) is 9.80 Å². The highest BCUT2D eigenvalue weighted by molar-refractivity contribution is 5.81. The molecule has 3 heteroatoms. The van der Waals surface area contributed by atoms with Gasteiger partial charge < -0.3 is 4.90 Å². The second kappa shape index (κ2) is 8.78. The summed E-state index contributed by atoms with van der Waals surface area (Å²) < 4.78 is 0. The maximum atomic E-state index is 12.2. The molecule has 3 atom stereocenters. The number of Topliss-reactive ketones (excluding diaryl/α,β-unsaturated/α-hetero) is 1. The molecule has 0 N–H and O–H groups in total. The van der Waals surface area contributed by atoms with Crippen LogP contribution in [0.3, 0.4) is 0 Å². The quantitative estimate of drug-likeness (QED) is 0.683. The number of likely N-dealkylation sites (N-methyl/N-ethyl adjacent to an activating group) is 2. The van der Waals surface area contributed by atoms with Crippen LogP contribution in [-0.4, -0.2) is 55.4 Å². The number of carbonyl (C=O) groups excluding carboxylic acids is 1. The molecule has 0 spiro atoms. The lowest BCUT2D eigenvalue weighted by atomic mass is 9.78. The third-order valence-electron chi connectivity index (χ3n) is 4.68. The van der Waals surface area contributed by atoms with E-state index in [2.05, 4.69) is 44.7 Å². The SMILES string of the molecule is CCCC1CCC(=O)C(CN(CC)C(C)CN(C)C)C1. The smallest absolute Gasteiger partial charge is 0.137 e. The van der Waals surface area contributed by atoms with Crippen molar-refractivity contribution in [3.05, 3.63) is 0 Å². The summed E-state index contributed by atoms with van der Waals surface area (Å²) in [6.45, 7) is 9.81. The van der Waals surface area contributed by atoms with Crippen LogP contribution in [0.25, 0.3) is 0 Å². The first-order valence-electron chi connectivity index (χ1n) is 8.39. The van der Waals surface area contributed by atoms with E-state index in [0.29, 0.717) is 11.8 Å². The van der Waals surface area contributed by atoms with Crippen LogP contribution in [0, 0.1) is 11.8 Å². The van der Waals surface area contributed by atoms with Crippen LogP contribution in [0.5, 0.6) is 0 Å². The molecule has 1 rings (SSSR count). The van der Waals surface area contributed by atoms with Crippen molar-refractivity contribution in [3.8, 4) is 0 Å². The van der Waals surface area contributed by atoms with Gasteiger partial charge in [0.2, 0.25) is 0 Å². The number of nitrogens with zero attached hydrogens (tertiary/aromatic N) is 2. The van der Waals surface area contributed by atoms with Gasteiger partial charge in [0.25, 0.3) is 0 Å².